The molecule has 2 aromatic heterocycles. The Morgan fingerprint density at radius 2 is 2.04 bits per heavy atom. The summed E-state index contributed by atoms with van der Waals surface area (Å²) in [6, 6.07) is 7.13. The summed E-state index contributed by atoms with van der Waals surface area (Å²) in [7, 11) is 0. The van der Waals surface area contributed by atoms with Crippen LogP contribution in [0.3, 0.4) is 0 Å². The Bertz CT molecular complexity index is 990. The van der Waals surface area contributed by atoms with Crippen molar-refractivity contribution in [1.29, 1.82) is 0 Å². The second kappa shape index (κ2) is 7.67. The number of benzene rings is 1. The molecule has 1 aliphatic heterocycles. The Morgan fingerprint density at radius 1 is 1.22 bits per heavy atom. The lowest BCUT2D eigenvalue weighted by Crippen LogP contribution is -2.34. The summed E-state index contributed by atoms with van der Waals surface area (Å²) in [5.74, 6) is -0.470. The van der Waals surface area contributed by atoms with Crippen molar-refractivity contribution in [2.24, 2.45) is 0 Å². The highest BCUT2D eigenvalue weighted by Gasteiger charge is 2.19. The Hall–Kier alpha value is -2.42. The first-order valence-corrected chi connectivity index (χ1v) is 9.70. The van der Waals surface area contributed by atoms with E-state index in [0.29, 0.717) is 42.0 Å². The quantitative estimate of drug-likeness (QED) is 0.569. The number of ether oxygens (including phenoxy) is 1. The second-order valence-corrected chi connectivity index (χ2v) is 7.64. The molecule has 3 N–H and O–H groups in total. The van der Waals surface area contributed by atoms with Gasteiger partial charge in [-0.15, -0.1) is 11.3 Å². The van der Waals surface area contributed by atoms with Gasteiger partial charge in [0.1, 0.15) is 5.69 Å². The number of nitrogens with zero attached hydrogens (tertiary/aromatic N) is 1. The molecule has 2 amide bonds. The fourth-order valence-electron chi connectivity index (χ4n) is 2.87. The highest BCUT2D eigenvalue weighted by Crippen LogP contribution is 2.23. The topological polar surface area (TPSA) is 96.1 Å². The minimum absolute atomic E-state index is 0.232. The van der Waals surface area contributed by atoms with Crippen LogP contribution in [0.4, 0.5) is 0 Å². The van der Waals surface area contributed by atoms with E-state index in [1.54, 1.807) is 18.2 Å². The van der Waals surface area contributed by atoms with Crippen molar-refractivity contribution in [3.8, 4) is 0 Å². The molecular formula is C18H17ClN4O3S. The maximum absolute atomic E-state index is 12.2. The van der Waals surface area contributed by atoms with Gasteiger partial charge in [-0.25, -0.2) is 4.98 Å². The zero-order valence-electron chi connectivity index (χ0n) is 14.3. The molecule has 7 nitrogen and oxygen atoms in total. The van der Waals surface area contributed by atoms with Crippen LogP contribution in [0, 0.1) is 0 Å². The molecule has 1 aromatic carbocycles. The van der Waals surface area contributed by atoms with Gasteiger partial charge in [-0.2, -0.15) is 0 Å². The standard InChI is InChI=1S/C18H17ClN4O3S/c19-11-1-2-12-10(7-11)8-14(22-12)16(24)20-4-5-21-17(25)18-23-13-3-6-26-9-15(13)27-18/h1-2,7-8,22H,3-6,9H2,(H,20,24)(H,21,25). The fraction of sp³-hybridized carbons (Fsp3) is 0.278. The molecule has 0 saturated heterocycles. The van der Waals surface area contributed by atoms with Crippen molar-refractivity contribution >= 4 is 45.7 Å². The number of aromatic amines is 1. The first-order valence-electron chi connectivity index (χ1n) is 8.51. The van der Waals surface area contributed by atoms with E-state index < -0.39 is 0 Å². The lowest BCUT2D eigenvalue weighted by molar-refractivity contribution is 0.0925. The lowest BCUT2D eigenvalue weighted by Gasteiger charge is -2.08. The van der Waals surface area contributed by atoms with Crippen LogP contribution in [-0.2, 0) is 17.8 Å². The third-order valence-corrected chi connectivity index (χ3v) is 5.52. The SMILES string of the molecule is O=C(NCCNC(=O)c1nc2c(s1)COCC2)c1cc2cc(Cl)ccc2[nH]1. The summed E-state index contributed by atoms with van der Waals surface area (Å²) in [6.07, 6.45) is 0.741. The summed E-state index contributed by atoms with van der Waals surface area (Å²) < 4.78 is 5.37. The average molecular weight is 405 g/mol. The number of amides is 2. The molecule has 0 saturated carbocycles. The molecule has 0 bridgehead atoms. The van der Waals surface area contributed by atoms with Crippen LogP contribution in [0.2, 0.25) is 5.02 Å². The van der Waals surface area contributed by atoms with Gasteiger partial charge >= 0.3 is 0 Å². The number of rotatable bonds is 5. The van der Waals surface area contributed by atoms with E-state index in [0.717, 1.165) is 27.9 Å². The van der Waals surface area contributed by atoms with Gasteiger partial charge in [-0.05, 0) is 24.3 Å². The maximum Gasteiger partial charge on any atom is 0.280 e. The van der Waals surface area contributed by atoms with Gasteiger partial charge in [0.05, 0.1) is 23.8 Å². The van der Waals surface area contributed by atoms with Crippen LogP contribution in [0.1, 0.15) is 30.9 Å². The van der Waals surface area contributed by atoms with Gasteiger partial charge in [0.15, 0.2) is 5.01 Å². The normalized spacial score (nSPS) is 13.4. The number of halogens is 1. The second-order valence-electron chi connectivity index (χ2n) is 6.12. The van der Waals surface area contributed by atoms with Crippen LogP contribution >= 0.6 is 22.9 Å². The van der Waals surface area contributed by atoms with Gasteiger partial charge in [0.25, 0.3) is 11.8 Å². The van der Waals surface area contributed by atoms with Crippen molar-refractivity contribution in [2.45, 2.75) is 13.0 Å². The van der Waals surface area contributed by atoms with Gasteiger partial charge < -0.3 is 20.4 Å². The number of fused-ring (bicyclic) bond motifs is 2. The summed E-state index contributed by atoms with van der Waals surface area (Å²) in [4.78, 5) is 32.9. The molecule has 0 unspecified atom stereocenters. The van der Waals surface area contributed by atoms with Crippen LogP contribution in [0.15, 0.2) is 24.3 Å². The van der Waals surface area contributed by atoms with Gasteiger partial charge in [-0.1, -0.05) is 11.6 Å². The van der Waals surface area contributed by atoms with E-state index in [-0.39, 0.29) is 11.8 Å². The molecule has 0 fully saturated rings. The van der Waals surface area contributed by atoms with E-state index in [1.165, 1.54) is 11.3 Å². The van der Waals surface area contributed by atoms with Crippen LogP contribution < -0.4 is 10.6 Å². The molecule has 3 heterocycles. The van der Waals surface area contributed by atoms with E-state index >= 15 is 0 Å². The highest BCUT2D eigenvalue weighted by atomic mass is 35.5. The minimum Gasteiger partial charge on any atom is -0.375 e. The highest BCUT2D eigenvalue weighted by molar-refractivity contribution is 7.13. The van der Waals surface area contributed by atoms with Gasteiger partial charge in [0, 0.05) is 35.4 Å². The number of H-pyrrole nitrogens is 1. The molecule has 3 aromatic rings. The Kier molecular flexibility index (Phi) is 5.11. The summed E-state index contributed by atoms with van der Waals surface area (Å²) >= 11 is 7.31. The van der Waals surface area contributed by atoms with Gasteiger partial charge in [0.2, 0.25) is 0 Å². The van der Waals surface area contributed by atoms with Crippen LogP contribution in [-0.4, -0.2) is 41.5 Å². The third-order valence-electron chi connectivity index (χ3n) is 4.21. The Morgan fingerprint density at radius 3 is 2.85 bits per heavy atom. The molecule has 0 radical (unpaired) electrons. The lowest BCUT2D eigenvalue weighted by atomic mass is 10.2. The number of hydrogen-bond donors (Lipinski definition) is 3. The first-order chi connectivity index (χ1) is 13.1. The van der Waals surface area contributed by atoms with Gasteiger partial charge in [-0.3, -0.25) is 9.59 Å². The number of nitrogens with one attached hydrogen (secondary N) is 3. The number of carbonyl (C=O) groups excluding carboxylic acids is 2. The van der Waals surface area contributed by atoms with E-state index in [9.17, 15) is 9.59 Å². The molecule has 9 heteroatoms. The number of hydrogen-bond acceptors (Lipinski definition) is 5. The summed E-state index contributed by atoms with van der Waals surface area (Å²) in [5, 5.41) is 7.47. The molecule has 0 atom stereocenters. The summed E-state index contributed by atoms with van der Waals surface area (Å²) in [5.41, 5.74) is 2.24. The largest absolute Gasteiger partial charge is 0.375 e. The monoisotopic (exact) mass is 404 g/mol. The van der Waals surface area contributed by atoms with Crippen molar-refractivity contribution < 1.29 is 14.3 Å². The molecule has 4 rings (SSSR count). The van der Waals surface area contributed by atoms with Crippen molar-refractivity contribution in [1.82, 2.24) is 20.6 Å². The van der Waals surface area contributed by atoms with E-state index in [2.05, 4.69) is 20.6 Å². The van der Waals surface area contributed by atoms with Crippen molar-refractivity contribution in [2.75, 3.05) is 19.7 Å². The smallest absolute Gasteiger partial charge is 0.280 e. The van der Waals surface area contributed by atoms with Crippen molar-refractivity contribution in [3.05, 3.63) is 50.6 Å². The Labute approximate surface area is 164 Å². The predicted molar refractivity (Wildman–Crippen MR) is 103 cm³/mol. The molecule has 140 valence electrons. The molecule has 0 spiro atoms. The predicted octanol–water partition coefficient (Wildman–Crippen LogP) is 2.51. The zero-order valence-corrected chi connectivity index (χ0v) is 15.9. The third kappa shape index (κ3) is 3.97. The fourth-order valence-corrected chi connectivity index (χ4v) is 4.01. The number of thiazole rings is 1. The molecule has 27 heavy (non-hydrogen) atoms. The molecule has 0 aliphatic carbocycles. The molecular weight excluding hydrogens is 388 g/mol. The van der Waals surface area contributed by atoms with Crippen LogP contribution in [0.5, 0.6) is 0 Å². The van der Waals surface area contributed by atoms with Crippen molar-refractivity contribution in [3.63, 3.8) is 0 Å². The number of carbonyl (C=O) groups is 2. The zero-order chi connectivity index (χ0) is 18.8. The minimum atomic E-state index is -0.238. The number of aromatic nitrogens is 2. The van der Waals surface area contributed by atoms with Crippen LogP contribution in [0.25, 0.3) is 10.9 Å². The average Bonchev–Trinajstić information content (AvgIpc) is 3.28. The molecule has 1 aliphatic rings. The Balaban J connectivity index is 1.28. The first kappa shape index (κ1) is 18.0. The van der Waals surface area contributed by atoms with E-state index in [1.807, 2.05) is 6.07 Å². The van der Waals surface area contributed by atoms with E-state index in [4.69, 9.17) is 16.3 Å². The summed E-state index contributed by atoms with van der Waals surface area (Å²) in [6.45, 7) is 1.79. The maximum atomic E-state index is 12.2.